The summed E-state index contributed by atoms with van der Waals surface area (Å²) in [4.78, 5) is 15.0. The van der Waals surface area contributed by atoms with Crippen LogP contribution in [0.1, 0.15) is 110 Å². The van der Waals surface area contributed by atoms with Crippen molar-refractivity contribution in [3.63, 3.8) is 0 Å². The van der Waals surface area contributed by atoms with Crippen molar-refractivity contribution in [3.05, 3.63) is 64.0 Å². The molecule has 0 spiro atoms. The van der Waals surface area contributed by atoms with E-state index in [2.05, 4.69) is 30.2 Å². The molecule has 4 rings (SSSR count). The van der Waals surface area contributed by atoms with Gasteiger partial charge in [0.25, 0.3) is 0 Å². The van der Waals surface area contributed by atoms with Crippen LogP contribution in [0.3, 0.4) is 0 Å². The second-order valence-electron chi connectivity index (χ2n) is 12.8. The summed E-state index contributed by atoms with van der Waals surface area (Å²) in [5.41, 5.74) is 2.37. The quantitative estimate of drug-likeness (QED) is 0.0677. The van der Waals surface area contributed by atoms with Gasteiger partial charge in [0.2, 0.25) is 5.69 Å². The van der Waals surface area contributed by atoms with Crippen molar-refractivity contribution >= 4 is 44.2 Å². The summed E-state index contributed by atoms with van der Waals surface area (Å²) in [6, 6.07) is 9.99. The van der Waals surface area contributed by atoms with Crippen LogP contribution in [-0.4, -0.2) is 48.0 Å². The van der Waals surface area contributed by atoms with Gasteiger partial charge in [-0.2, -0.15) is 4.58 Å². The molecule has 3 aromatic rings. The first-order chi connectivity index (χ1) is 21.9. The maximum atomic E-state index is 13.2. The lowest BCUT2D eigenvalue weighted by atomic mass is 9.81. The molecule has 0 radical (unpaired) electrons. The zero-order valence-corrected chi connectivity index (χ0v) is 28.9. The fraction of sp³-hybridized carbons (Fsp3) is 0.514. The average molecular weight is 651 g/mol. The van der Waals surface area contributed by atoms with Crippen LogP contribution in [0, 0.1) is 0 Å². The molecule has 0 saturated carbocycles. The topological polar surface area (TPSA) is 114 Å². The zero-order chi connectivity index (χ0) is 33.5. The molecule has 1 aromatic heterocycles. The maximum absolute atomic E-state index is 13.2. The number of nitrogens with zero attached hydrogens (tertiary/aromatic N) is 2. The summed E-state index contributed by atoms with van der Waals surface area (Å²) in [5.74, 6) is -0.150. The monoisotopic (exact) mass is 650 g/mol. The molecule has 2 heterocycles. The summed E-state index contributed by atoms with van der Waals surface area (Å²) in [7, 11) is -4.63. The molecule has 1 aliphatic heterocycles. The molecule has 46 heavy (non-hydrogen) atoms. The largest absolute Gasteiger partial charge is 0.744 e. The smallest absolute Gasteiger partial charge is 0.347 e. The summed E-state index contributed by atoms with van der Waals surface area (Å²) < 4.78 is 43.5. The fourth-order valence-corrected chi connectivity index (χ4v) is 7.09. The van der Waals surface area contributed by atoms with Crippen molar-refractivity contribution in [1.82, 2.24) is 0 Å². The Morgan fingerprint density at radius 2 is 1.52 bits per heavy atom. The fourth-order valence-electron chi connectivity index (χ4n) is 6.59. The van der Waals surface area contributed by atoms with Gasteiger partial charge in [0.1, 0.15) is 33.6 Å². The highest BCUT2D eigenvalue weighted by molar-refractivity contribution is 7.85. The number of unbranched alkanes of at least 4 members (excludes halogenated alkanes) is 9. The summed E-state index contributed by atoms with van der Waals surface area (Å²) in [5, 5.41) is 11.6. The normalized spacial score (nSPS) is 14.5. The third-order valence-electron chi connectivity index (χ3n) is 9.32. The second-order valence-corrected chi connectivity index (χ2v) is 14.2. The van der Waals surface area contributed by atoms with E-state index in [4.69, 9.17) is 4.42 Å². The number of hydrogen-bond donors (Lipinski definition) is 1. The minimum Gasteiger partial charge on any atom is -0.744 e. The van der Waals surface area contributed by atoms with Gasteiger partial charge in [-0.1, -0.05) is 58.3 Å². The predicted octanol–water partition coefficient (Wildman–Crippen LogP) is 8.26. The van der Waals surface area contributed by atoms with E-state index in [1.54, 1.807) is 24.3 Å². The van der Waals surface area contributed by atoms with Gasteiger partial charge < -0.3 is 19.0 Å². The molecule has 1 N–H and O–H groups in total. The van der Waals surface area contributed by atoms with E-state index in [9.17, 15) is 22.9 Å². The molecule has 1 aliphatic rings. The number of hydrogen-bond acceptors (Lipinski definition) is 7. The highest BCUT2D eigenvalue weighted by Crippen LogP contribution is 2.42. The van der Waals surface area contributed by atoms with Crippen LogP contribution in [0.5, 0.6) is 5.75 Å². The molecule has 0 bridgehead atoms. The molecule has 0 atom stereocenters. The van der Waals surface area contributed by atoms with Crippen molar-refractivity contribution < 1.29 is 27.1 Å². The van der Waals surface area contributed by atoms with E-state index in [0.29, 0.717) is 17.5 Å². The van der Waals surface area contributed by atoms with Gasteiger partial charge in [0.15, 0.2) is 5.71 Å². The van der Waals surface area contributed by atoms with Gasteiger partial charge >= 0.3 is 5.63 Å². The Balaban J connectivity index is 1.63. The molecular formula is C37H50N2O6S. The minimum atomic E-state index is -4.63. The highest BCUT2D eigenvalue weighted by atomic mass is 32.2. The zero-order valence-electron chi connectivity index (χ0n) is 28.1. The van der Waals surface area contributed by atoms with Crippen LogP contribution in [0.25, 0.3) is 17.0 Å². The molecule has 0 aliphatic carbocycles. The Kier molecular flexibility index (Phi) is 11.9. The molecule has 8 nitrogen and oxygen atoms in total. The SMILES string of the molecule is CCCCCCCCCCCC[N+]1=C(/C=C/c2c(O)c3ccc(N(CC)CC)cc3oc2=O)C(C)(C)c2cc(S(=O)(=O)[O-])ccc21. The number of aromatic hydroxyl groups is 1. The summed E-state index contributed by atoms with van der Waals surface area (Å²) in [6.07, 6.45) is 15.5. The molecular weight excluding hydrogens is 600 g/mol. The number of benzene rings is 2. The van der Waals surface area contributed by atoms with E-state index in [0.717, 1.165) is 55.0 Å². The third-order valence-corrected chi connectivity index (χ3v) is 10.2. The van der Waals surface area contributed by atoms with Gasteiger partial charge in [-0.3, -0.25) is 0 Å². The van der Waals surface area contributed by atoms with Gasteiger partial charge in [-0.25, -0.2) is 13.2 Å². The second kappa shape index (κ2) is 15.4. The summed E-state index contributed by atoms with van der Waals surface area (Å²) >= 11 is 0. The Morgan fingerprint density at radius 1 is 0.891 bits per heavy atom. The number of rotatable bonds is 17. The van der Waals surface area contributed by atoms with Crippen molar-refractivity contribution in [2.45, 2.75) is 109 Å². The van der Waals surface area contributed by atoms with Crippen LogP contribution in [0.4, 0.5) is 11.4 Å². The number of fused-ring (bicyclic) bond motifs is 2. The molecule has 250 valence electrons. The average Bonchev–Trinajstić information content (AvgIpc) is 3.22. The van der Waals surface area contributed by atoms with E-state index < -0.39 is 21.2 Å². The lowest BCUT2D eigenvalue weighted by molar-refractivity contribution is -0.438. The third kappa shape index (κ3) is 7.92. The van der Waals surface area contributed by atoms with Crippen molar-refractivity contribution in [2.24, 2.45) is 0 Å². The Labute approximate surface area is 274 Å². The van der Waals surface area contributed by atoms with Gasteiger partial charge in [0, 0.05) is 49.0 Å². The van der Waals surface area contributed by atoms with Crippen molar-refractivity contribution in [3.8, 4) is 5.75 Å². The Bertz CT molecular complexity index is 1750. The Morgan fingerprint density at radius 3 is 2.13 bits per heavy atom. The minimum absolute atomic E-state index is 0.0454. The molecule has 0 fully saturated rings. The maximum Gasteiger partial charge on any atom is 0.347 e. The standard InChI is InChI=1S/C37H50N2O6S/c1-6-9-10-11-12-13-14-15-16-17-24-39-32-22-19-28(46(42,43)44)26-31(32)37(4,5)34(39)23-21-30-35(40)29-20-18-27(38(7-2)8-3)25-33(29)45-36(30)41/h18-23,25-26H,6-17,24H2,1-5H3,(H,42,43,44). The van der Waals surface area contributed by atoms with E-state index >= 15 is 0 Å². The van der Waals surface area contributed by atoms with Crippen LogP contribution in [0.2, 0.25) is 0 Å². The van der Waals surface area contributed by atoms with Crippen LogP contribution in [0.15, 0.2) is 56.6 Å². The van der Waals surface area contributed by atoms with Crippen molar-refractivity contribution in [2.75, 3.05) is 24.5 Å². The van der Waals surface area contributed by atoms with Crippen LogP contribution < -0.4 is 10.5 Å². The molecule has 0 saturated heterocycles. The first kappa shape index (κ1) is 35.4. The lowest BCUT2D eigenvalue weighted by Crippen LogP contribution is -2.28. The lowest BCUT2D eigenvalue weighted by Gasteiger charge is -2.21. The van der Waals surface area contributed by atoms with Gasteiger partial charge in [-0.15, -0.1) is 0 Å². The molecule has 0 unspecified atom stereocenters. The van der Waals surface area contributed by atoms with Crippen LogP contribution in [-0.2, 0) is 15.5 Å². The molecule has 9 heteroatoms. The first-order valence-electron chi connectivity index (χ1n) is 16.9. The van der Waals surface area contributed by atoms with E-state index in [-0.39, 0.29) is 16.2 Å². The van der Waals surface area contributed by atoms with Crippen LogP contribution >= 0.6 is 0 Å². The first-order valence-corrected chi connectivity index (χ1v) is 18.3. The van der Waals surface area contributed by atoms with E-state index in [1.165, 1.54) is 57.1 Å². The Hall–Kier alpha value is -3.43. The van der Waals surface area contributed by atoms with Crippen molar-refractivity contribution in [1.29, 1.82) is 0 Å². The predicted molar refractivity (Wildman–Crippen MR) is 186 cm³/mol. The van der Waals surface area contributed by atoms with Gasteiger partial charge in [0.05, 0.1) is 15.7 Å². The summed E-state index contributed by atoms with van der Waals surface area (Å²) in [6.45, 7) is 12.6. The number of anilines is 1. The van der Waals surface area contributed by atoms with E-state index in [1.807, 2.05) is 26.0 Å². The highest BCUT2D eigenvalue weighted by Gasteiger charge is 2.44. The molecule has 2 aromatic carbocycles. The number of allylic oxidation sites excluding steroid dienone is 1. The van der Waals surface area contributed by atoms with Gasteiger partial charge in [-0.05, 0) is 64.5 Å². The molecule has 0 amide bonds.